The minimum atomic E-state index is -0.891. The first-order valence-corrected chi connectivity index (χ1v) is 11.2. The Hall–Kier alpha value is -3.35. The fraction of sp³-hybridized carbons (Fsp3) is 0.296. The van der Waals surface area contributed by atoms with Crippen LogP contribution in [0.5, 0.6) is 11.5 Å². The molecular formula is C27H29NO5. The van der Waals surface area contributed by atoms with Gasteiger partial charge in [0.15, 0.2) is 0 Å². The number of aliphatic carboxylic acids is 1. The summed E-state index contributed by atoms with van der Waals surface area (Å²) in [5, 5.41) is 9.18. The Morgan fingerprint density at radius 2 is 1.85 bits per heavy atom. The van der Waals surface area contributed by atoms with Gasteiger partial charge in [0.25, 0.3) is 0 Å². The summed E-state index contributed by atoms with van der Waals surface area (Å²) in [7, 11) is 0. The molecule has 0 saturated carbocycles. The second kappa shape index (κ2) is 11.0. The van der Waals surface area contributed by atoms with Gasteiger partial charge in [-0.3, -0.25) is 4.79 Å². The normalized spacial score (nSPS) is 15.4. The third kappa shape index (κ3) is 6.34. The predicted molar refractivity (Wildman–Crippen MR) is 126 cm³/mol. The van der Waals surface area contributed by atoms with Gasteiger partial charge in [-0.1, -0.05) is 36.4 Å². The zero-order chi connectivity index (χ0) is 23.0. The van der Waals surface area contributed by atoms with E-state index in [1.807, 2.05) is 42.5 Å². The van der Waals surface area contributed by atoms with Gasteiger partial charge in [0.1, 0.15) is 24.7 Å². The van der Waals surface area contributed by atoms with Crippen LogP contribution in [0.2, 0.25) is 0 Å². The molecule has 4 rings (SSSR count). The fourth-order valence-electron chi connectivity index (χ4n) is 3.95. The van der Waals surface area contributed by atoms with E-state index in [1.165, 1.54) is 0 Å². The Labute approximate surface area is 193 Å². The molecule has 1 heterocycles. The highest BCUT2D eigenvalue weighted by molar-refractivity contribution is 5.71. The summed E-state index contributed by atoms with van der Waals surface area (Å²) in [6, 6.07) is 21.4. The van der Waals surface area contributed by atoms with Crippen molar-refractivity contribution in [2.75, 3.05) is 13.2 Å². The molecule has 33 heavy (non-hydrogen) atoms. The van der Waals surface area contributed by atoms with Crippen molar-refractivity contribution >= 4 is 5.97 Å². The van der Waals surface area contributed by atoms with E-state index in [0.29, 0.717) is 24.5 Å². The van der Waals surface area contributed by atoms with Crippen LogP contribution in [0.15, 0.2) is 66.7 Å². The number of para-hydroxylation sites is 1. The molecule has 1 atom stereocenters. The van der Waals surface area contributed by atoms with E-state index in [1.54, 1.807) is 12.1 Å². The first-order chi connectivity index (χ1) is 16.1. The third-order valence-electron chi connectivity index (χ3n) is 5.63. The summed E-state index contributed by atoms with van der Waals surface area (Å²) in [4.78, 5) is 11.2. The number of rotatable bonds is 10. The van der Waals surface area contributed by atoms with Crippen molar-refractivity contribution in [2.24, 2.45) is 5.73 Å². The zero-order valence-corrected chi connectivity index (χ0v) is 18.5. The minimum Gasteiger partial charge on any atom is -0.491 e. The molecule has 6 heteroatoms. The molecule has 1 unspecified atom stereocenters. The number of hydrogen-bond donors (Lipinski definition) is 2. The average Bonchev–Trinajstić information content (AvgIpc) is 3.36. The van der Waals surface area contributed by atoms with Gasteiger partial charge < -0.3 is 25.1 Å². The Bertz CT molecular complexity index is 1090. The SMILES string of the molecule is NCc1cccc(-c2cc(COc3ccccc3CC(=O)O)cc(OCC3CCCO3)c2)c1. The highest BCUT2D eigenvalue weighted by atomic mass is 16.5. The van der Waals surface area contributed by atoms with Crippen LogP contribution < -0.4 is 15.2 Å². The van der Waals surface area contributed by atoms with E-state index in [0.717, 1.165) is 47.5 Å². The second-order valence-corrected chi connectivity index (χ2v) is 8.18. The van der Waals surface area contributed by atoms with Crippen LogP contribution in [-0.4, -0.2) is 30.4 Å². The molecule has 3 aromatic rings. The Balaban J connectivity index is 1.58. The molecule has 6 nitrogen and oxygen atoms in total. The van der Waals surface area contributed by atoms with Crippen molar-refractivity contribution in [1.29, 1.82) is 0 Å². The molecule has 0 aromatic heterocycles. The summed E-state index contributed by atoms with van der Waals surface area (Å²) in [5.41, 5.74) is 10.5. The third-order valence-corrected chi connectivity index (χ3v) is 5.63. The summed E-state index contributed by atoms with van der Waals surface area (Å²) in [6.45, 7) is 2.06. The fourth-order valence-corrected chi connectivity index (χ4v) is 3.95. The van der Waals surface area contributed by atoms with E-state index >= 15 is 0 Å². The number of ether oxygens (including phenoxy) is 3. The molecule has 3 N–H and O–H groups in total. The lowest BCUT2D eigenvalue weighted by molar-refractivity contribution is -0.136. The smallest absolute Gasteiger partial charge is 0.307 e. The maximum Gasteiger partial charge on any atom is 0.307 e. The average molecular weight is 448 g/mol. The summed E-state index contributed by atoms with van der Waals surface area (Å²) in [6.07, 6.45) is 2.11. The van der Waals surface area contributed by atoms with Crippen LogP contribution in [0.1, 0.15) is 29.5 Å². The van der Waals surface area contributed by atoms with Gasteiger partial charge in [-0.25, -0.2) is 0 Å². The maximum atomic E-state index is 11.2. The largest absolute Gasteiger partial charge is 0.491 e. The first kappa shape index (κ1) is 22.8. The molecule has 0 bridgehead atoms. The van der Waals surface area contributed by atoms with Crippen molar-refractivity contribution in [3.05, 3.63) is 83.4 Å². The lowest BCUT2D eigenvalue weighted by Crippen LogP contribution is -2.16. The predicted octanol–water partition coefficient (Wildman–Crippen LogP) is 4.58. The van der Waals surface area contributed by atoms with Gasteiger partial charge in [0, 0.05) is 18.7 Å². The summed E-state index contributed by atoms with van der Waals surface area (Å²) < 4.78 is 17.8. The van der Waals surface area contributed by atoms with Crippen LogP contribution in [0, 0.1) is 0 Å². The van der Waals surface area contributed by atoms with Crippen molar-refractivity contribution in [1.82, 2.24) is 0 Å². The number of carbonyl (C=O) groups is 1. The number of nitrogens with two attached hydrogens (primary N) is 1. The topological polar surface area (TPSA) is 91.0 Å². The Morgan fingerprint density at radius 1 is 1.00 bits per heavy atom. The van der Waals surface area contributed by atoms with Crippen molar-refractivity contribution in [3.8, 4) is 22.6 Å². The lowest BCUT2D eigenvalue weighted by Gasteiger charge is -2.16. The number of hydrogen-bond acceptors (Lipinski definition) is 5. The molecule has 0 spiro atoms. The van der Waals surface area contributed by atoms with Gasteiger partial charge >= 0.3 is 5.97 Å². The molecule has 3 aromatic carbocycles. The van der Waals surface area contributed by atoms with E-state index in [2.05, 4.69) is 12.1 Å². The van der Waals surface area contributed by atoms with Crippen LogP contribution in [-0.2, 0) is 29.1 Å². The van der Waals surface area contributed by atoms with Gasteiger partial charge in [0.2, 0.25) is 0 Å². The van der Waals surface area contributed by atoms with Gasteiger partial charge in [-0.05, 0) is 65.4 Å². The van der Waals surface area contributed by atoms with Crippen LogP contribution in [0.4, 0.5) is 0 Å². The number of benzene rings is 3. The minimum absolute atomic E-state index is 0.0855. The van der Waals surface area contributed by atoms with E-state index < -0.39 is 5.97 Å². The molecule has 172 valence electrons. The van der Waals surface area contributed by atoms with E-state index in [9.17, 15) is 9.90 Å². The van der Waals surface area contributed by atoms with Gasteiger partial charge in [-0.15, -0.1) is 0 Å². The molecule has 1 fully saturated rings. The molecular weight excluding hydrogens is 418 g/mol. The van der Waals surface area contributed by atoms with Crippen molar-refractivity contribution < 1.29 is 24.1 Å². The Morgan fingerprint density at radius 3 is 2.64 bits per heavy atom. The molecule has 1 aliphatic heterocycles. The van der Waals surface area contributed by atoms with E-state index in [4.69, 9.17) is 19.9 Å². The molecule has 0 amide bonds. The number of carboxylic acids is 1. The van der Waals surface area contributed by atoms with Crippen LogP contribution >= 0.6 is 0 Å². The zero-order valence-electron chi connectivity index (χ0n) is 18.5. The van der Waals surface area contributed by atoms with E-state index in [-0.39, 0.29) is 19.1 Å². The van der Waals surface area contributed by atoms with Crippen molar-refractivity contribution in [3.63, 3.8) is 0 Å². The molecule has 1 aliphatic rings. The lowest BCUT2D eigenvalue weighted by atomic mass is 10.0. The van der Waals surface area contributed by atoms with Crippen LogP contribution in [0.3, 0.4) is 0 Å². The number of carboxylic acid groups (broad SMARTS) is 1. The van der Waals surface area contributed by atoms with Crippen LogP contribution in [0.25, 0.3) is 11.1 Å². The highest BCUT2D eigenvalue weighted by Gasteiger charge is 2.17. The van der Waals surface area contributed by atoms with Gasteiger partial charge in [-0.2, -0.15) is 0 Å². The first-order valence-electron chi connectivity index (χ1n) is 11.2. The molecule has 0 radical (unpaired) electrons. The summed E-state index contributed by atoms with van der Waals surface area (Å²) in [5.74, 6) is 0.425. The summed E-state index contributed by atoms with van der Waals surface area (Å²) >= 11 is 0. The molecule has 1 saturated heterocycles. The quantitative estimate of drug-likeness (QED) is 0.473. The standard InChI is InChI=1S/C27H29NO5/c28-16-19-5-3-7-21(11-19)23-12-20(13-25(14-23)32-18-24-8-4-10-31-24)17-33-26-9-2-1-6-22(26)15-27(29)30/h1-3,5-7,9,11-14,24H,4,8,10,15-18,28H2,(H,29,30). The Kier molecular flexibility index (Phi) is 7.60. The highest BCUT2D eigenvalue weighted by Crippen LogP contribution is 2.29. The molecule has 0 aliphatic carbocycles. The second-order valence-electron chi connectivity index (χ2n) is 8.18. The van der Waals surface area contributed by atoms with Crippen molar-refractivity contribution in [2.45, 2.75) is 38.5 Å². The van der Waals surface area contributed by atoms with Gasteiger partial charge in [0.05, 0.1) is 12.5 Å². The monoisotopic (exact) mass is 447 g/mol. The maximum absolute atomic E-state index is 11.2.